The number of hydrogen-bond acceptors (Lipinski definition) is 8. The molecular formula is C30H36N6O9. The molecule has 0 aliphatic carbocycles. The van der Waals surface area contributed by atoms with E-state index >= 15 is 0 Å². The molecule has 240 valence electrons. The minimum Gasteiger partial charge on any atom is -0.508 e. The number of H-pyrrole nitrogens is 1. The molecule has 1 aromatic heterocycles. The largest absolute Gasteiger partial charge is 0.508 e. The van der Waals surface area contributed by atoms with Crippen molar-refractivity contribution in [3.63, 3.8) is 0 Å². The molecule has 0 radical (unpaired) electrons. The van der Waals surface area contributed by atoms with Crippen LogP contribution in [0.15, 0.2) is 54.7 Å². The highest BCUT2D eigenvalue weighted by atomic mass is 16.4. The molecule has 3 aromatic rings. The van der Waals surface area contributed by atoms with E-state index in [1.807, 2.05) is 24.3 Å². The number of carbonyl (C=O) groups is 6. The van der Waals surface area contributed by atoms with Crippen molar-refractivity contribution in [1.82, 2.24) is 20.9 Å². The summed E-state index contributed by atoms with van der Waals surface area (Å²) < 4.78 is 0. The summed E-state index contributed by atoms with van der Waals surface area (Å²) in [5.41, 5.74) is 13.5. The Labute approximate surface area is 257 Å². The molecule has 2 aromatic carbocycles. The number of nitrogens with two attached hydrogens (primary N) is 2. The van der Waals surface area contributed by atoms with Gasteiger partial charge >= 0.3 is 11.9 Å². The highest BCUT2D eigenvalue weighted by molar-refractivity contribution is 5.95. The van der Waals surface area contributed by atoms with Crippen molar-refractivity contribution in [2.24, 2.45) is 11.5 Å². The summed E-state index contributed by atoms with van der Waals surface area (Å²) in [5, 5.41) is 36.2. The summed E-state index contributed by atoms with van der Waals surface area (Å²) >= 11 is 0. The minimum absolute atomic E-state index is 0.0541. The number of aromatic amines is 1. The van der Waals surface area contributed by atoms with Crippen LogP contribution in [0.2, 0.25) is 0 Å². The second-order valence-electron chi connectivity index (χ2n) is 10.5. The fraction of sp³-hybridized carbons (Fsp3) is 0.333. The lowest BCUT2D eigenvalue weighted by Crippen LogP contribution is -2.58. The third-order valence-corrected chi connectivity index (χ3v) is 7.03. The van der Waals surface area contributed by atoms with Gasteiger partial charge in [-0.25, -0.2) is 4.79 Å². The number of aliphatic carboxylic acids is 2. The first-order chi connectivity index (χ1) is 21.3. The Bertz CT molecular complexity index is 1540. The fourth-order valence-electron chi connectivity index (χ4n) is 4.61. The predicted molar refractivity (Wildman–Crippen MR) is 161 cm³/mol. The predicted octanol–water partition coefficient (Wildman–Crippen LogP) is -0.345. The monoisotopic (exact) mass is 624 g/mol. The van der Waals surface area contributed by atoms with Gasteiger partial charge in [0.05, 0.1) is 6.04 Å². The number of carboxylic acids is 2. The van der Waals surface area contributed by atoms with Gasteiger partial charge in [0, 0.05) is 36.4 Å². The molecule has 0 aliphatic rings. The Morgan fingerprint density at radius 2 is 1.36 bits per heavy atom. The van der Waals surface area contributed by atoms with Gasteiger partial charge in [0.25, 0.3) is 0 Å². The molecule has 4 unspecified atom stereocenters. The maximum atomic E-state index is 13.5. The van der Waals surface area contributed by atoms with Gasteiger partial charge in [-0.2, -0.15) is 0 Å². The first-order valence-corrected chi connectivity index (χ1v) is 14.1. The molecule has 0 fully saturated rings. The number of nitrogens with one attached hydrogen (secondary N) is 4. The lowest BCUT2D eigenvalue weighted by Gasteiger charge is -2.25. The van der Waals surface area contributed by atoms with Gasteiger partial charge in [0.2, 0.25) is 23.6 Å². The lowest BCUT2D eigenvalue weighted by atomic mass is 10.0. The van der Waals surface area contributed by atoms with Crippen LogP contribution < -0.4 is 27.4 Å². The van der Waals surface area contributed by atoms with Crippen LogP contribution in [0.4, 0.5) is 0 Å². The molecule has 0 aliphatic heterocycles. The molecule has 4 amide bonds. The van der Waals surface area contributed by atoms with E-state index in [0.29, 0.717) is 5.56 Å². The van der Waals surface area contributed by atoms with Crippen molar-refractivity contribution in [1.29, 1.82) is 0 Å². The number of aromatic nitrogens is 1. The van der Waals surface area contributed by atoms with E-state index in [9.17, 15) is 39.0 Å². The van der Waals surface area contributed by atoms with Crippen molar-refractivity contribution in [3.05, 3.63) is 65.9 Å². The summed E-state index contributed by atoms with van der Waals surface area (Å²) in [6.07, 6.45) is 0.215. The molecule has 11 N–H and O–H groups in total. The molecule has 15 heteroatoms. The van der Waals surface area contributed by atoms with Gasteiger partial charge in [0.1, 0.15) is 23.9 Å². The zero-order chi connectivity index (χ0) is 33.1. The highest BCUT2D eigenvalue weighted by Crippen LogP contribution is 2.19. The summed E-state index contributed by atoms with van der Waals surface area (Å²) in [5.74, 6) is -6.06. The number of primary amides is 1. The molecule has 4 atom stereocenters. The Hall–Kier alpha value is -5.44. The molecule has 0 bridgehead atoms. The summed E-state index contributed by atoms with van der Waals surface area (Å²) in [6, 6.07) is 7.68. The number of amides is 4. The summed E-state index contributed by atoms with van der Waals surface area (Å²) in [4.78, 5) is 77.1. The van der Waals surface area contributed by atoms with E-state index in [1.54, 1.807) is 6.20 Å². The molecule has 0 saturated heterocycles. The van der Waals surface area contributed by atoms with E-state index in [0.717, 1.165) is 16.5 Å². The highest BCUT2D eigenvalue weighted by Gasteiger charge is 2.31. The number of phenols is 1. The number of carboxylic acid groups (broad SMARTS) is 2. The zero-order valence-corrected chi connectivity index (χ0v) is 24.2. The molecule has 1 heterocycles. The topological polar surface area (TPSA) is 267 Å². The zero-order valence-electron chi connectivity index (χ0n) is 24.2. The minimum atomic E-state index is -1.57. The summed E-state index contributed by atoms with van der Waals surface area (Å²) in [7, 11) is 0. The van der Waals surface area contributed by atoms with Gasteiger partial charge in [0.15, 0.2) is 0 Å². The first-order valence-electron chi connectivity index (χ1n) is 14.1. The maximum absolute atomic E-state index is 13.5. The van der Waals surface area contributed by atoms with Gasteiger partial charge < -0.3 is 47.7 Å². The van der Waals surface area contributed by atoms with E-state index in [1.165, 1.54) is 24.3 Å². The van der Waals surface area contributed by atoms with E-state index in [4.69, 9.17) is 16.6 Å². The Balaban J connectivity index is 1.79. The maximum Gasteiger partial charge on any atom is 0.326 e. The average molecular weight is 625 g/mol. The SMILES string of the molecule is NC(=O)CCC(NC(=O)C(N)Cc1c[nH]c2ccccc12)C(=O)NC(Cc1ccc(O)cc1)C(=O)NC(CCC(=O)O)C(=O)O. The number of benzene rings is 2. The van der Waals surface area contributed by atoms with Crippen LogP contribution >= 0.6 is 0 Å². The molecule has 3 rings (SSSR count). The quantitative estimate of drug-likeness (QED) is 0.0942. The first kappa shape index (κ1) is 34.1. The number of carbonyl (C=O) groups excluding carboxylic acids is 4. The van der Waals surface area contributed by atoms with Crippen molar-refractivity contribution in [3.8, 4) is 5.75 Å². The van der Waals surface area contributed by atoms with Crippen LogP contribution in [-0.2, 0) is 41.6 Å². The van der Waals surface area contributed by atoms with E-state index in [-0.39, 0.29) is 31.4 Å². The van der Waals surface area contributed by atoms with Gasteiger partial charge in [-0.3, -0.25) is 24.0 Å². The van der Waals surface area contributed by atoms with Crippen LogP contribution in [0.25, 0.3) is 10.9 Å². The standard InChI is InChI=1S/C30H36N6O9/c31-20(14-17-15-33-21-4-2-1-3-19(17)21)27(41)34-22(9-11-25(32)38)28(42)36-24(13-16-5-7-18(37)8-6-16)29(43)35-23(30(44)45)10-12-26(39)40/h1-8,15,20,22-24,33,37H,9-14,31H2,(H2,32,38)(H,34,41)(H,35,43)(H,36,42)(H,39,40)(H,44,45). The number of fused-ring (bicyclic) bond motifs is 1. The number of phenolic OH excluding ortho intramolecular Hbond substituents is 1. The fourth-order valence-corrected chi connectivity index (χ4v) is 4.61. The Kier molecular flexibility index (Phi) is 12.0. The van der Waals surface area contributed by atoms with Crippen LogP contribution in [0.1, 0.15) is 36.8 Å². The van der Waals surface area contributed by atoms with Crippen LogP contribution in [0.5, 0.6) is 5.75 Å². The Morgan fingerprint density at radius 3 is 2.00 bits per heavy atom. The second kappa shape index (κ2) is 15.9. The smallest absolute Gasteiger partial charge is 0.326 e. The van der Waals surface area contributed by atoms with E-state index < -0.39 is 72.6 Å². The molecule has 15 nitrogen and oxygen atoms in total. The van der Waals surface area contributed by atoms with Gasteiger partial charge in [-0.15, -0.1) is 0 Å². The number of rotatable bonds is 17. The number of para-hydroxylation sites is 1. The Morgan fingerprint density at radius 1 is 0.756 bits per heavy atom. The number of aromatic hydroxyl groups is 1. The summed E-state index contributed by atoms with van der Waals surface area (Å²) in [6.45, 7) is 0. The van der Waals surface area contributed by atoms with Gasteiger partial charge in [-0.05, 0) is 48.6 Å². The average Bonchev–Trinajstić information content (AvgIpc) is 3.39. The normalized spacial score (nSPS) is 13.6. The van der Waals surface area contributed by atoms with Crippen molar-refractivity contribution in [2.45, 2.75) is 62.7 Å². The van der Waals surface area contributed by atoms with E-state index in [2.05, 4.69) is 20.9 Å². The molecule has 45 heavy (non-hydrogen) atoms. The van der Waals surface area contributed by atoms with Crippen molar-refractivity contribution < 1.29 is 44.1 Å². The molecular weight excluding hydrogens is 588 g/mol. The number of hydrogen-bond donors (Lipinski definition) is 9. The van der Waals surface area contributed by atoms with Gasteiger partial charge in [-0.1, -0.05) is 30.3 Å². The van der Waals surface area contributed by atoms with Crippen molar-refractivity contribution in [2.75, 3.05) is 0 Å². The third-order valence-electron chi connectivity index (χ3n) is 7.03. The van der Waals surface area contributed by atoms with Crippen LogP contribution in [-0.4, -0.2) is 80.0 Å². The second-order valence-corrected chi connectivity index (χ2v) is 10.5. The van der Waals surface area contributed by atoms with Crippen LogP contribution in [0, 0.1) is 0 Å². The molecule has 0 spiro atoms. The van der Waals surface area contributed by atoms with Crippen molar-refractivity contribution >= 4 is 46.5 Å². The third kappa shape index (κ3) is 10.4. The van der Waals surface area contributed by atoms with Crippen LogP contribution in [0.3, 0.4) is 0 Å². The lowest BCUT2D eigenvalue weighted by molar-refractivity contribution is -0.143. The molecule has 0 saturated carbocycles.